The molecule has 0 spiro atoms. The molecule has 0 amide bonds. The average molecular weight is 428 g/mol. The summed E-state index contributed by atoms with van der Waals surface area (Å²) < 4.78 is 47.5. The predicted molar refractivity (Wildman–Crippen MR) is 103 cm³/mol. The topological polar surface area (TPSA) is 83.0 Å². The lowest BCUT2D eigenvalue weighted by Gasteiger charge is -2.10. The normalized spacial score (nSPS) is 14.2. The highest BCUT2D eigenvalue weighted by molar-refractivity contribution is 5.83. The zero-order valence-corrected chi connectivity index (χ0v) is 16.0. The second-order valence-corrected chi connectivity index (χ2v) is 7.30. The fraction of sp³-hybridized carbons (Fsp3) is 0.238. The third kappa shape index (κ3) is 4.14. The Hall–Kier alpha value is -3.69. The summed E-state index contributed by atoms with van der Waals surface area (Å²) in [5, 5.41) is 4.30. The van der Waals surface area contributed by atoms with Crippen LogP contribution in [0.25, 0.3) is 22.0 Å². The molecule has 1 saturated carbocycles. The first kappa shape index (κ1) is 19.3. The molecule has 0 saturated heterocycles. The zero-order chi connectivity index (χ0) is 21.6. The molecule has 5 rings (SSSR count). The highest BCUT2D eigenvalue weighted by Gasteiger charge is 2.31. The van der Waals surface area contributed by atoms with Crippen LogP contribution in [0.1, 0.15) is 30.5 Å². The first-order valence-electron chi connectivity index (χ1n) is 9.53. The third-order valence-electron chi connectivity index (χ3n) is 4.97. The Morgan fingerprint density at radius 2 is 1.84 bits per heavy atom. The van der Waals surface area contributed by atoms with E-state index in [9.17, 15) is 18.0 Å². The fourth-order valence-corrected chi connectivity index (χ4v) is 3.28. The van der Waals surface area contributed by atoms with E-state index in [1.54, 1.807) is 18.2 Å². The Bertz CT molecular complexity index is 1310. The van der Waals surface area contributed by atoms with Gasteiger partial charge in [0.15, 0.2) is 5.82 Å². The molecule has 4 aromatic rings. The van der Waals surface area contributed by atoms with Gasteiger partial charge in [0.2, 0.25) is 5.89 Å². The van der Waals surface area contributed by atoms with E-state index in [-0.39, 0.29) is 17.9 Å². The van der Waals surface area contributed by atoms with Crippen LogP contribution in [0.4, 0.5) is 13.2 Å². The number of rotatable bonds is 5. The summed E-state index contributed by atoms with van der Waals surface area (Å²) in [5.41, 5.74) is 1.53. The molecule has 2 heterocycles. The molecular formula is C21H15F3N4O3. The van der Waals surface area contributed by atoms with Gasteiger partial charge in [-0.3, -0.25) is 9.36 Å². The lowest BCUT2D eigenvalue weighted by molar-refractivity contribution is -0.274. The van der Waals surface area contributed by atoms with E-state index in [0.29, 0.717) is 39.7 Å². The summed E-state index contributed by atoms with van der Waals surface area (Å²) in [6.07, 6.45) is -1.25. The van der Waals surface area contributed by atoms with E-state index in [1.165, 1.54) is 35.2 Å². The van der Waals surface area contributed by atoms with Crippen LogP contribution >= 0.6 is 0 Å². The number of ether oxygens (including phenoxy) is 1. The third-order valence-corrected chi connectivity index (χ3v) is 4.97. The van der Waals surface area contributed by atoms with Crippen LogP contribution in [0.3, 0.4) is 0 Å². The predicted octanol–water partition coefficient (Wildman–Crippen LogP) is 4.27. The van der Waals surface area contributed by atoms with Crippen molar-refractivity contribution in [3.63, 3.8) is 0 Å². The SMILES string of the molecule is O=c1c2cc(-c3ccc(OC(F)(F)F)cc3)ccc2ncn1Cc1noc(C2CC2)n1. The molecule has 7 nitrogen and oxygen atoms in total. The molecular weight excluding hydrogens is 413 g/mol. The van der Waals surface area contributed by atoms with Gasteiger partial charge in [0.1, 0.15) is 5.75 Å². The molecule has 10 heteroatoms. The quantitative estimate of drug-likeness (QED) is 0.472. The van der Waals surface area contributed by atoms with Crippen molar-refractivity contribution in [2.75, 3.05) is 0 Å². The summed E-state index contributed by atoms with van der Waals surface area (Å²) in [6.45, 7) is 0.131. The molecule has 0 radical (unpaired) electrons. The second-order valence-electron chi connectivity index (χ2n) is 7.30. The summed E-state index contributed by atoms with van der Waals surface area (Å²) >= 11 is 0. The van der Waals surface area contributed by atoms with Gasteiger partial charge in [-0.15, -0.1) is 13.2 Å². The van der Waals surface area contributed by atoms with Gasteiger partial charge in [-0.05, 0) is 48.2 Å². The van der Waals surface area contributed by atoms with Crippen molar-refractivity contribution in [1.29, 1.82) is 0 Å². The summed E-state index contributed by atoms with van der Waals surface area (Å²) in [5.74, 6) is 1.01. The molecule has 158 valence electrons. The smallest absolute Gasteiger partial charge is 0.406 e. The molecule has 31 heavy (non-hydrogen) atoms. The van der Waals surface area contributed by atoms with Crippen molar-refractivity contribution < 1.29 is 22.4 Å². The van der Waals surface area contributed by atoms with Gasteiger partial charge in [-0.1, -0.05) is 23.4 Å². The van der Waals surface area contributed by atoms with Gasteiger partial charge in [0.25, 0.3) is 5.56 Å². The molecule has 1 aliphatic rings. The molecule has 1 aliphatic carbocycles. The number of hydrogen-bond acceptors (Lipinski definition) is 6. The lowest BCUT2D eigenvalue weighted by atomic mass is 10.0. The van der Waals surface area contributed by atoms with Gasteiger partial charge in [0, 0.05) is 5.92 Å². The van der Waals surface area contributed by atoms with Gasteiger partial charge in [-0.2, -0.15) is 4.98 Å². The second kappa shape index (κ2) is 7.22. The van der Waals surface area contributed by atoms with Crippen LogP contribution in [-0.4, -0.2) is 26.1 Å². The molecule has 1 fully saturated rings. The first-order valence-corrected chi connectivity index (χ1v) is 9.53. The maximum Gasteiger partial charge on any atom is 0.573 e. The summed E-state index contributed by atoms with van der Waals surface area (Å²) in [7, 11) is 0. The Morgan fingerprint density at radius 3 is 2.55 bits per heavy atom. The van der Waals surface area contributed by atoms with E-state index >= 15 is 0 Å². The van der Waals surface area contributed by atoms with Crippen LogP contribution in [0, 0.1) is 0 Å². The minimum atomic E-state index is -4.75. The summed E-state index contributed by atoms with van der Waals surface area (Å²) in [6, 6.07) is 10.5. The average Bonchev–Trinajstić information content (AvgIpc) is 3.48. The maximum atomic E-state index is 13.0. The molecule has 0 aliphatic heterocycles. The van der Waals surface area contributed by atoms with Crippen LogP contribution < -0.4 is 10.3 Å². The minimum Gasteiger partial charge on any atom is -0.406 e. The first-order chi connectivity index (χ1) is 14.9. The molecule has 0 unspecified atom stereocenters. The maximum absolute atomic E-state index is 13.0. The number of fused-ring (bicyclic) bond motifs is 1. The van der Waals surface area contributed by atoms with Gasteiger partial charge < -0.3 is 9.26 Å². The van der Waals surface area contributed by atoms with E-state index in [0.717, 1.165) is 12.8 Å². The van der Waals surface area contributed by atoms with Crippen molar-refractivity contribution in [3.05, 3.63) is 70.9 Å². The number of hydrogen-bond donors (Lipinski definition) is 0. The number of halogens is 3. The minimum absolute atomic E-state index is 0.131. The van der Waals surface area contributed by atoms with Gasteiger partial charge in [-0.25, -0.2) is 4.98 Å². The van der Waals surface area contributed by atoms with Crippen LogP contribution in [0.2, 0.25) is 0 Å². The van der Waals surface area contributed by atoms with Crippen molar-refractivity contribution in [1.82, 2.24) is 19.7 Å². The number of alkyl halides is 3. The largest absolute Gasteiger partial charge is 0.573 e. The molecule has 0 atom stereocenters. The number of aromatic nitrogens is 4. The molecule has 0 bridgehead atoms. The van der Waals surface area contributed by atoms with Crippen molar-refractivity contribution >= 4 is 10.9 Å². The molecule has 0 N–H and O–H groups in total. The highest BCUT2D eigenvalue weighted by Crippen LogP contribution is 2.38. The number of benzene rings is 2. The summed E-state index contributed by atoms with van der Waals surface area (Å²) in [4.78, 5) is 21.6. The van der Waals surface area contributed by atoms with E-state index < -0.39 is 6.36 Å². The van der Waals surface area contributed by atoms with E-state index in [4.69, 9.17) is 4.52 Å². The van der Waals surface area contributed by atoms with Gasteiger partial charge >= 0.3 is 6.36 Å². The van der Waals surface area contributed by atoms with E-state index in [1.807, 2.05) is 0 Å². The standard InChI is InChI=1S/C21H15F3N4O3/c22-21(23,24)30-15-6-3-12(4-7-15)14-5-8-17-16(9-14)20(29)28(11-25-17)10-18-26-19(31-27-18)13-1-2-13/h3-9,11,13H,1-2,10H2. The Balaban J connectivity index is 1.44. The zero-order valence-electron chi connectivity index (χ0n) is 16.0. The number of nitrogens with zero attached hydrogens (tertiary/aromatic N) is 4. The van der Waals surface area contributed by atoms with Crippen molar-refractivity contribution in [3.8, 4) is 16.9 Å². The Morgan fingerprint density at radius 1 is 1.10 bits per heavy atom. The fourth-order valence-electron chi connectivity index (χ4n) is 3.28. The Labute approximate surface area is 173 Å². The van der Waals surface area contributed by atoms with Crippen LogP contribution in [-0.2, 0) is 6.54 Å². The lowest BCUT2D eigenvalue weighted by Crippen LogP contribution is -2.21. The van der Waals surface area contributed by atoms with Crippen molar-refractivity contribution in [2.24, 2.45) is 0 Å². The Kier molecular flexibility index (Phi) is 4.49. The van der Waals surface area contributed by atoms with Gasteiger partial charge in [0.05, 0.1) is 23.8 Å². The van der Waals surface area contributed by atoms with E-state index in [2.05, 4.69) is 19.9 Å². The highest BCUT2D eigenvalue weighted by atomic mass is 19.4. The van der Waals surface area contributed by atoms with Crippen molar-refractivity contribution in [2.45, 2.75) is 31.7 Å². The molecule has 2 aromatic heterocycles. The molecule has 2 aromatic carbocycles. The monoisotopic (exact) mass is 428 g/mol. The van der Waals surface area contributed by atoms with Crippen LogP contribution in [0.15, 0.2) is 58.1 Å². The van der Waals surface area contributed by atoms with Crippen LogP contribution in [0.5, 0.6) is 5.75 Å².